The topological polar surface area (TPSA) is 32.3 Å². The van der Waals surface area contributed by atoms with Crippen LogP contribution in [0.3, 0.4) is 0 Å². The molecule has 0 radical (unpaired) electrons. The first-order valence-electron chi connectivity index (χ1n) is 6.00. The Morgan fingerprint density at radius 2 is 2.16 bits per heavy atom. The predicted octanol–water partition coefficient (Wildman–Crippen LogP) is 2.72. The maximum absolute atomic E-state index is 13.7. The number of piperazine rings is 1. The lowest BCUT2D eigenvalue weighted by atomic mass is 10.1. The molecule has 0 aromatic heterocycles. The molecule has 2 rings (SSSR count). The molecule has 1 aromatic rings. The van der Waals surface area contributed by atoms with Gasteiger partial charge in [-0.15, -0.1) is 12.4 Å². The van der Waals surface area contributed by atoms with Gasteiger partial charge in [-0.2, -0.15) is 0 Å². The molecule has 0 aliphatic carbocycles. The highest BCUT2D eigenvalue weighted by Crippen LogP contribution is 2.19. The lowest BCUT2D eigenvalue weighted by molar-refractivity contribution is 0.0598. The molecule has 0 saturated carbocycles. The van der Waals surface area contributed by atoms with Crippen LogP contribution in [-0.4, -0.2) is 36.0 Å². The highest BCUT2D eigenvalue weighted by atomic mass is 35.5. The molecule has 106 valence electrons. The second kappa shape index (κ2) is 6.55. The van der Waals surface area contributed by atoms with Crippen LogP contribution >= 0.6 is 24.0 Å². The molecule has 1 aliphatic rings. The Bertz CT molecular complexity index is 470. The molecular formula is C13H17Cl2FN2O. The Kier molecular flexibility index (Phi) is 5.59. The first kappa shape index (κ1) is 16.2. The summed E-state index contributed by atoms with van der Waals surface area (Å²) < 4.78 is 13.7. The van der Waals surface area contributed by atoms with Gasteiger partial charge in [0.1, 0.15) is 5.82 Å². The van der Waals surface area contributed by atoms with Crippen molar-refractivity contribution in [2.24, 2.45) is 0 Å². The fourth-order valence-corrected chi connectivity index (χ4v) is 2.33. The average Bonchev–Trinajstić information content (AvgIpc) is 2.35. The van der Waals surface area contributed by atoms with Gasteiger partial charge in [-0.1, -0.05) is 11.6 Å². The van der Waals surface area contributed by atoms with E-state index in [0.29, 0.717) is 11.6 Å². The van der Waals surface area contributed by atoms with Crippen LogP contribution in [0.1, 0.15) is 24.2 Å². The number of nitrogens with zero attached hydrogens (tertiary/aromatic N) is 1. The lowest BCUT2D eigenvalue weighted by Crippen LogP contribution is -2.57. The van der Waals surface area contributed by atoms with Crippen molar-refractivity contribution in [3.8, 4) is 0 Å². The summed E-state index contributed by atoms with van der Waals surface area (Å²) in [5, 5.41) is 3.65. The third-order valence-electron chi connectivity index (χ3n) is 3.45. The summed E-state index contributed by atoms with van der Waals surface area (Å²) in [6.45, 7) is 5.27. The van der Waals surface area contributed by atoms with Crippen molar-refractivity contribution in [3.05, 3.63) is 34.6 Å². The molecule has 3 nitrogen and oxygen atoms in total. The normalized spacial score (nSPS) is 22.8. The molecule has 1 fully saturated rings. The van der Waals surface area contributed by atoms with Crippen molar-refractivity contribution in [3.63, 3.8) is 0 Å². The molecule has 19 heavy (non-hydrogen) atoms. The number of amides is 1. The average molecular weight is 307 g/mol. The van der Waals surface area contributed by atoms with Gasteiger partial charge in [0.25, 0.3) is 5.91 Å². The number of carbonyl (C=O) groups is 1. The molecule has 1 N–H and O–H groups in total. The van der Waals surface area contributed by atoms with Crippen molar-refractivity contribution in [1.29, 1.82) is 0 Å². The molecule has 1 aliphatic heterocycles. The van der Waals surface area contributed by atoms with Crippen LogP contribution in [0, 0.1) is 5.82 Å². The zero-order valence-corrected chi connectivity index (χ0v) is 12.4. The van der Waals surface area contributed by atoms with Crippen molar-refractivity contribution in [1.82, 2.24) is 10.2 Å². The number of carbonyl (C=O) groups excluding carboxylic acids is 1. The van der Waals surface area contributed by atoms with Crippen LogP contribution in [0.25, 0.3) is 0 Å². The monoisotopic (exact) mass is 306 g/mol. The van der Waals surface area contributed by atoms with Crippen LogP contribution in [0.15, 0.2) is 18.2 Å². The Hall–Kier alpha value is -0.840. The van der Waals surface area contributed by atoms with Crippen molar-refractivity contribution in [2.75, 3.05) is 13.1 Å². The van der Waals surface area contributed by atoms with Crippen LogP contribution in [-0.2, 0) is 0 Å². The summed E-state index contributed by atoms with van der Waals surface area (Å²) in [5.41, 5.74) is 0.0449. The van der Waals surface area contributed by atoms with Crippen LogP contribution < -0.4 is 5.32 Å². The predicted molar refractivity (Wildman–Crippen MR) is 76.6 cm³/mol. The smallest absolute Gasteiger partial charge is 0.257 e. The summed E-state index contributed by atoms with van der Waals surface area (Å²) in [7, 11) is 0. The molecule has 2 unspecified atom stereocenters. The molecular weight excluding hydrogens is 290 g/mol. The summed E-state index contributed by atoms with van der Waals surface area (Å²) in [6, 6.07) is 4.29. The SMILES string of the molecule is CC1NCCN(C(=O)c2cc(Cl)ccc2F)C1C.Cl. The lowest BCUT2D eigenvalue weighted by Gasteiger charge is -2.38. The Labute approximate surface area is 123 Å². The summed E-state index contributed by atoms with van der Waals surface area (Å²) in [4.78, 5) is 14.0. The highest BCUT2D eigenvalue weighted by Gasteiger charge is 2.30. The van der Waals surface area contributed by atoms with E-state index >= 15 is 0 Å². The van der Waals surface area contributed by atoms with Crippen molar-refractivity contribution < 1.29 is 9.18 Å². The quantitative estimate of drug-likeness (QED) is 0.865. The summed E-state index contributed by atoms with van der Waals surface area (Å²) in [5.74, 6) is -0.821. The largest absolute Gasteiger partial charge is 0.333 e. The summed E-state index contributed by atoms with van der Waals surface area (Å²) >= 11 is 5.82. The number of hydrogen-bond donors (Lipinski definition) is 1. The van der Waals surface area contributed by atoms with Crippen LogP contribution in [0.5, 0.6) is 0 Å². The minimum Gasteiger partial charge on any atom is -0.333 e. The number of hydrogen-bond acceptors (Lipinski definition) is 2. The van der Waals surface area contributed by atoms with Gasteiger partial charge >= 0.3 is 0 Å². The van der Waals surface area contributed by atoms with Crippen molar-refractivity contribution in [2.45, 2.75) is 25.9 Å². The van der Waals surface area contributed by atoms with E-state index in [1.165, 1.54) is 18.2 Å². The molecule has 1 aromatic carbocycles. The van der Waals surface area contributed by atoms with Gasteiger partial charge in [-0.3, -0.25) is 4.79 Å². The van der Waals surface area contributed by atoms with Crippen LogP contribution in [0.4, 0.5) is 4.39 Å². The van der Waals surface area contributed by atoms with E-state index in [2.05, 4.69) is 5.32 Å². The molecule has 2 atom stereocenters. The first-order chi connectivity index (χ1) is 8.50. The van der Waals surface area contributed by atoms with Crippen molar-refractivity contribution >= 4 is 29.9 Å². The zero-order chi connectivity index (χ0) is 13.3. The third kappa shape index (κ3) is 3.38. The van der Waals surface area contributed by atoms with E-state index < -0.39 is 5.82 Å². The molecule has 0 spiro atoms. The highest BCUT2D eigenvalue weighted by molar-refractivity contribution is 6.31. The summed E-state index contributed by atoms with van der Waals surface area (Å²) in [6.07, 6.45) is 0. The second-order valence-electron chi connectivity index (χ2n) is 4.61. The fourth-order valence-electron chi connectivity index (χ4n) is 2.16. The second-order valence-corrected chi connectivity index (χ2v) is 5.04. The minimum absolute atomic E-state index is 0. The molecule has 1 amide bonds. The maximum Gasteiger partial charge on any atom is 0.257 e. The third-order valence-corrected chi connectivity index (χ3v) is 3.69. The minimum atomic E-state index is -0.525. The van der Waals surface area contributed by atoms with Gasteiger partial charge in [0.05, 0.1) is 5.56 Å². The molecule has 1 heterocycles. The van der Waals surface area contributed by atoms with Gasteiger partial charge in [-0.05, 0) is 32.0 Å². The van der Waals surface area contributed by atoms with E-state index in [0.717, 1.165) is 6.54 Å². The Morgan fingerprint density at radius 1 is 1.47 bits per heavy atom. The standard InChI is InChI=1S/C13H16ClFN2O.ClH/c1-8-9(2)17(6-5-16-8)13(18)11-7-10(14)3-4-12(11)15;/h3-4,7-9,16H,5-6H2,1-2H3;1H. The van der Waals surface area contributed by atoms with Crippen LogP contribution in [0.2, 0.25) is 5.02 Å². The number of halogens is 3. The molecule has 6 heteroatoms. The van der Waals surface area contributed by atoms with Gasteiger partial charge in [0.2, 0.25) is 0 Å². The zero-order valence-electron chi connectivity index (χ0n) is 10.8. The maximum atomic E-state index is 13.7. The number of nitrogens with one attached hydrogen (secondary N) is 1. The van der Waals surface area contributed by atoms with E-state index in [-0.39, 0.29) is 36.0 Å². The van der Waals surface area contributed by atoms with E-state index in [1.807, 2.05) is 13.8 Å². The Balaban J connectivity index is 0.00000180. The van der Waals surface area contributed by atoms with Gasteiger partial charge in [0.15, 0.2) is 0 Å². The fraction of sp³-hybridized carbons (Fsp3) is 0.462. The van der Waals surface area contributed by atoms with E-state index in [1.54, 1.807) is 4.90 Å². The first-order valence-corrected chi connectivity index (χ1v) is 6.38. The number of benzene rings is 1. The van der Waals surface area contributed by atoms with Gasteiger partial charge < -0.3 is 10.2 Å². The number of rotatable bonds is 1. The van der Waals surface area contributed by atoms with Gasteiger partial charge in [-0.25, -0.2) is 4.39 Å². The van der Waals surface area contributed by atoms with E-state index in [4.69, 9.17) is 11.6 Å². The van der Waals surface area contributed by atoms with Gasteiger partial charge in [0, 0.05) is 30.2 Å². The molecule has 0 bridgehead atoms. The molecule has 1 saturated heterocycles. The Morgan fingerprint density at radius 3 is 2.84 bits per heavy atom. The van der Waals surface area contributed by atoms with E-state index in [9.17, 15) is 9.18 Å².